The van der Waals surface area contributed by atoms with Crippen LogP contribution in [0.25, 0.3) is 0 Å². The molecule has 0 saturated carbocycles. The number of hydrogen-bond donors (Lipinski definition) is 1. The Morgan fingerprint density at radius 2 is 2.20 bits per heavy atom. The average Bonchev–Trinajstić information content (AvgIpc) is 2.17. The van der Waals surface area contributed by atoms with Crippen LogP contribution in [0.1, 0.15) is 32.1 Å². The van der Waals surface area contributed by atoms with E-state index in [0.717, 1.165) is 12.8 Å². The largest absolute Gasteiger partial charge is 0.392 e. The Balaban J connectivity index is 2.46. The van der Waals surface area contributed by atoms with Gasteiger partial charge in [0, 0.05) is 13.7 Å². The van der Waals surface area contributed by atoms with E-state index in [4.69, 9.17) is 4.74 Å². The van der Waals surface area contributed by atoms with Crippen LogP contribution < -0.4 is 0 Å². The van der Waals surface area contributed by atoms with Crippen molar-refractivity contribution in [2.45, 2.75) is 43.5 Å². The fourth-order valence-corrected chi connectivity index (χ4v) is 4.08. The highest BCUT2D eigenvalue weighted by atomic mass is 32.2. The molecule has 1 heterocycles. The summed E-state index contributed by atoms with van der Waals surface area (Å²) < 4.78 is 28.2. The second-order valence-electron chi connectivity index (χ2n) is 4.10. The van der Waals surface area contributed by atoms with Gasteiger partial charge in [0.1, 0.15) is 0 Å². The molecule has 1 saturated heterocycles. The van der Waals surface area contributed by atoms with E-state index in [2.05, 4.69) is 0 Å². The number of sulfone groups is 1. The maximum absolute atomic E-state index is 11.7. The second-order valence-corrected chi connectivity index (χ2v) is 6.44. The van der Waals surface area contributed by atoms with Gasteiger partial charge in [0.05, 0.1) is 17.1 Å². The minimum absolute atomic E-state index is 0.235. The molecule has 0 radical (unpaired) electrons. The second kappa shape index (κ2) is 5.82. The van der Waals surface area contributed by atoms with Crippen molar-refractivity contribution in [2.24, 2.45) is 0 Å². The van der Waals surface area contributed by atoms with Crippen molar-refractivity contribution < 1.29 is 18.3 Å². The molecule has 0 aliphatic carbocycles. The number of rotatable bonds is 5. The van der Waals surface area contributed by atoms with Gasteiger partial charge in [-0.2, -0.15) is 0 Å². The molecule has 5 heteroatoms. The summed E-state index contributed by atoms with van der Waals surface area (Å²) in [5, 5.41) is 9.26. The van der Waals surface area contributed by atoms with Gasteiger partial charge in [-0.3, -0.25) is 0 Å². The van der Waals surface area contributed by atoms with Crippen LogP contribution in [0.15, 0.2) is 0 Å². The van der Waals surface area contributed by atoms with Crippen LogP contribution in [-0.2, 0) is 14.6 Å². The maximum atomic E-state index is 11.7. The molecule has 2 atom stereocenters. The van der Waals surface area contributed by atoms with E-state index in [9.17, 15) is 13.5 Å². The number of ether oxygens (including phenoxy) is 1. The molecule has 4 nitrogen and oxygen atoms in total. The third kappa shape index (κ3) is 3.74. The Bertz CT molecular complexity index is 273. The number of aliphatic hydroxyl groups excluding tert-OH is 1. The molecular formula is C10H20O4S. The predicted octanol–water partition coefficient (Wildman–Crippen LogP) is 0.741. The Hall–Kier alpha value is -0.130. The number of methoxy groups -OCH3 is 1. The predicted molar refractivity (Wildman–Crippen MR) is 58.5 cm³/mol. The van der Waals surface area contributed by atoms with Crippen LogP contribution in [0.2, 0.25) is 0 Å². The summed E-state index contributed by atoms with van der Waals surface area (Å²) in [7, 11) is -1.45. The zero-order valence-electron chi connectivity index (χ0n) is 9.18. The Labute approximate surface area is 91.6 Å². The summed E-state index contributed by atoms with van der Waals surface area (Å²) in [6.45, 7) is 0.573. The van der Waals surface area contributed by atoms with Crippen molar-refractivity contribution >= 4 is 9.84 Å². The van der Waals surface area contributed by atoms with Crippen molar-refractivity contribution in [2.75, 3.05) is 19.5 Å². The van der Waals surface area contributed by atoms with Gasteiger partial charge in [0.25, 0.3) is 0 Å². The molecular weight excluding hydrogens is 216 g/mol. The molecule has 1 fully saturated rings. The minimum Gasteiger partial charge on any atom is -0.392 e. The molecule has 1 aliphatic rings. The molecule has 1 N–H and O–H groups in total. The summed E-state index contributed by atoms with van der Waals surface area (Å²) in [6, 6.07) is 0. The quantitative estimate of drug-likeness (QED) is 0.715. The molecule has 2 unspecified atom stereocenters. The van der Waals surface area contributed by atoms with Gasteiger partial charge >= 0.3 is 0 Å². The first-order valence-electron chi connectivity index (χ1n) is 5.46. The van der Waals surface area contributed by atoms with Gasteiger partial charge in [-0.15, -0.1) is 0 Å². The lowest BCUT2D eigenvalue weighted by Gasteiger charge is -2.26. The summed E-state index contributed by atoms with van der Waals surface area (Å²) in [4.78, 5) is 0. The number of aliphatic hydroxyl groups is 1. The van der Waals surface area contributed by atoms with E-state index < -0.39 is 21.2 Å². The monoisotopic (exact) mass is 236 g/mol. The Morgan fingerprint density at radius 3 is 2.80 bits per heavy atom. The van der Waals surface area contributed by atoms with Gasteiger partial charge in [-0.05, 0) is 25.7 Å². The highest BCUT2D eigenvalue weighted by Gasteiger charge is 2.34. The van der Waals surface area contributed by atoms with E-state index in [-0.39, 0.29) is 5.75 Å². The zero-order chi connectivity index (χ0) is 11.3. The van der Waals surface area contributed by atoms with Gasteiger partial charge in [-0.1, -0.05) is 6.42 Å². The molecule has 1 aliphatic heterocycles. The first-order chi connectivity index (χ1) is 7.08. The van der Waals surface area contributed by atoms with Crippen molar-refractivity contribution in [1.82, 2.24) is 0 Å². The molecule has 0 aromatic rings. The van der Waals surface area contributed by atoms with Crippen molar-refractivity contribution in [3.63, 3.8) is 0 Å². The summed E-state index contributed by atoms with van der Waals surface area (Å²) in [5.74, 6) is 0.235. The third-order valence-corrected chi connectivity index (χ3v) is 5.24. The van der Waals surface area contributed by atoms with Gasteiger partial charge in [0.15, 0.2) is 9.84 Å². The third-order valence-electron chi connectivity index (χ3n) is 2.91. The lowest BCUT2D eigenvalue weighted by Crippen LogP contribution is -2.38. The van der Waals surface area contributed by atoms with Crippen molar-refractivity contribution in [1.29, 1.82) is 0 Å². The van der Waals surface area contributed by atoms with Gasteiger partial charge in [0.2, 0.25) is 0 Å². The molecule has 0 aromatic heterocycles. The molecule has 90 valence electrons. The molecule has 0 spiro atoms. The topological polar surface area (TPSA) is 63.6 Å². The molecule has 0 aromatic carbocycles. The average molecular weight is 236 g/mol. The summed E-state index contributed by atoms with van der Waals surface area (Å²) >= 11 is 0. The van der Waals surface area contributed by atoms with E-state index in [1.165, 1.54) is 0 Å². The summed E-state index contributed by atoms with van der Waals surface area (Å²) in [5.41, 5.74) is 0. The van der Waals surface area contributed by atoms with Crippen LogP contribution in [0.3, 0.4) is 0 Å². The van der Waals surface area contributed by atoms with E-state index >= 15 is 0 Å². The zero-order valence-corrected chi connectivity index (χ0v) is 10.0. The Morgan fingerprint density at radius 1 is 1.47 bits per heavy atom. The standard InChI is InChI=1S/C10H20O4S/c1-14-7-4-5-9(11)10-6-2-3-8-15(10,12)13/h9-11H,2-8H2,1H3. The minimum atomic E-state index is -3.05. The first-order valence-corrected chi connectivity index (χ1v) is 7.18. The number of hydrogen-bond acceptors (Lipinski definition) is 4. The normalized spacial score (nSPS) is 27.5. The lowest BCUT2D eigenvalue weighted by molar-refractivity contribution is 0.127. The highest BCUT2D eigenvalue weighted by Crippen LogP contribution is 2.24. The fourth-order valence-electron chi connectivity index (χ4n) is 2.03. The van der Waals surface area contributed by atoms with Gasteiger partial charge in [-0.25, -0.2) is 8.42 Å². The fraction of sp³-hybridized carbons (Fsp3) is 1.00. The van der Waals surface area contributed by atoms with Gasteiger partial charge < -0.3 is 9.84 Å². The molecule has 0 bridgehead atoms. The lowest BCUT2D eigenvalue weighted by atomic mass is 10.1. The SMILES string of the molecule is COCCCC(O)C1CCCCS1(=O)=O. The highest BCUT2D eigenvalue weighted by molar-refractivity contribution is 7.92. The van der Waals surface area contributed by atoms with E-state index in [1.54, 1.807) is 7.11 Å². The van der Waals surface area contributed by atoms with Crippen molar-refractivity contribution in [3.8, 4) is 0 Å². The van der Waals surface area contributed by atoms with Crippen LogP contribution >= 0.6 is 0 Å². The Kier molecular flexibility index (Phi) is 5.02. The summed E-state index contributed by atoms with van der Waals surface area (Å²) in [6.07, 6.45) is 2.76. The van der Waals surface area contributed by atoms with Crippen LogP contribution in [0.5, 0.6) is 0 Å². The molecule has 1 rings (SSSR count). The maximum Gasteiger partial charge on any atom is 0.155 e. The van der Waals surface area contributed by atoms with E-state index in [1.807, 2.05) is 0 Å². The van der Waals surface area contributed by atoms with Crippen LogP contribution in [-0.4, -0.2) is 44.3 Å². The molecule has 0 amide bonds. The van der Waals surface area contributed by atoms with Crippen LogP contribution in [0.4, 0.5) is 0 Å². The van der Waals surface area contributed by atoms with E-state index in [0.29, 0.717) is 25.9 Å². The van der Waals surface area contributed by atoms with Crippen LogP contribution in [0, 0.1) is 0 Å². The molecule has 15 heavy (non-hydrogen) atoms. The smallest absolute Gasteiger partial charge is 0.155 e. The van der Waals surface area contributed by atoms with Crippen molar-refractivity contribution in [3.05, 3.63) is 0 Å². The first kappa shape index (κ1) is 12.9.